The van der Waals surface area contributed by atoms with Crippen LogP contribution in [0.4, 0.5) is 0 Å². The highest BCUT2D eigenvalue weighted by atomic mass is 16.5. The van der Waals surface area contributed by atoms with Crippen molar-refractivity contribution in [1.29, 1.82) is 0 Å². The summed E-state index contributed by atoms with van der Waals surface area (Å²) < 4.78 is 5.46. The highest BCUT2D eigenvalue weighted by Crippen LogP contribution is 2.58. The fourth-order valence-electron chi connectivity index (χ4n) is 3.43. The molecule has 1 fully saturated rings. The number of phenols is 1. The first-order valence-corrected chi connectivity index (χ1v) is 6.77. The summed E-state index contributed by atoms with van der Waals surface area (Å²) in [4.78, 5) is 11.6. The molecule has 1 aromatic rings. The summed E-state index contributed by atoms with van der Waals surface area (Å²) >= 11 is 0. The summed E-state index contributed by atoms with van der Waals surface area (Å²) in [7, 11) is 0. The SMILES string of the molecule is CCCC(=O)Oc1ccc(O)c2c1[C@@H]1CC[C@H]2C1. The molecule has 1 saturated carbocycles. The fourth-order valence-corrected chi connectivity index (χ4v) is 3.43. The van der Waals surface area contributed by atoms with E-state index in [4.69, 9.17) is 4.74 Å². The number of phenolic OH excluding ortho intramolecular Hbond substituents is 1. The number of carbonyl (C=O) groups excluding carboxylic acids is 1. The largest absolute Gasteiger partial charge is 0.508 e. The summed E-state index contributed by atoms with van der Waals surface area (Å²) in [5, 5.41) is 9.97. The number of fused-ring (bicyclic) bond motifs is 5. The molecule has 1 N–H and O–H groups in total. The van der Waals surface area contributed by atoms with Gasteiger partial charge in [-0.1, -0.05) is 6.92 Å². The van der Waals surface area contributed by atoms with Crippen molar-refractivity contribution >= 4 is 5.97 Å². The Labute approximate surface area is 107 Å². The number of rotatable bonds is 3. The van der Waals surface area contributed by atoms with Gasteiger partial charge in [-0.15, -0.1) is 0 Å². The van der Waals surface area contributed by atoms with Gasteiger partial charge in [0.2, 0.25) is 0 Å². The summed E-state index contributed by atoms with van der Waals surface area (Å²) in [6, 6.07) is 3.40. The molecule has 0 unspecified atom stereocenters. The second kappa shape index (κ2) is 4.30. The standard InChI is InChI=1S/C15H18O3/c1-2-3-13(17)18-12-7-6-11(16)14-9-4-5-10(8-9)15(12)14/h6-7,9-10,16H,2-5,8H2,1H3/t9-,10+/m0/s1. The maximum absolute atomic E-state index is 11.6. The van der Waals surface area contributed by atoms with E-state index in [0.717, 1.165) is 36.8 Å². The van der Waals surface area contributed by atoms with E-state index in [-0.39, 0.29) is 5.97 Å². The Kier molecular flexibility index (Phi) is 2.77. The maximum atomic E-state index is 11.6. The zero-order valence-corrected chi connectivity index (χ0v) is 10.6. The number of aromatic hydroxyl groups is 1. The average molecular weight is 246 g/mol. The van der Waals surface area contributed by atoms with E-state index >= 15 is 0 Å². The minimum Gasteiger partial charge on any atom is -0.508 e. The number of benzene rings is 1. The van der Waals surface area contributed by atoms with Gasteiger partial charge in [0, 0.05) is 17.5 Å². The number of hydrogen-bond acceptors (Lipinski definition) is 3. The molecule has 3 heteroatoms. The van der Waals surface area contributed by atoms with Crippen LogP contribution < -0.4 is 4.74 Å². The van der Waals surface area contributed by atoms with Crippen molar-refractivity contribution < 1.29 is 14.6 Å². The van der Waals surface area contributed by atoms with Crippen LogP contribution in [-0.2, 0) is 4.79 Å². The third-order valence-electron chi connectivity index (χ3n) is 4.15. The average Bonchev–Trinajstić information content (AvgIpc) is 2.94. The normalized spacial score (nSPS) is 24.1. The summed E-state index contributed by atoms with van der Waals surface area (Å²) in [5.74, 6) is 1.81. The molecule has 0 spiro atoms. The monoisotopic (exact) mass is 246 g/mol. The van der Waals surface area contributed by atoms with E-state index in [9.17, 15) is 9.90 Å². The molecule has 2 atom stereocenters. The van der Waals surface area contributed by atoms with E-state index in [2.05, 4.69) is 0 Å². The van der Waals surface area contributed by atoms with Crippen molar-refractivity contribution in [2.75, 3.05) is 0 Å². The van der Waals surface area contributed by atoms with Gasteiger partial charge in [0.1, 0.15) is 11.5 Å². The van der Waals surface area contributed by atoms with Gasteiger partial charge in [0.25, 0.3) is 0 Å². The van der Waals surface area contributed by atoms with Gasteiger partial charge < -0.3 is 9.84 Å². The van der Waals surface area contributed by atoms with Crippen molar-refractivity contribution in [3.05, 3.63) is 23.3 Å². The topological polar surface area (TPSA) is 46.5 Å². The number of esters is 1. The number of carbonyl (C=O) groups is 1. The van der Waals surface area contributed by atoms with E-state index in [1.807, 2.05) is 6.92 Å². The molecule has 2 bridgehead atoms. The molecule has 96 valence electrons. The Balaban J connectivity index is 1.95. The van der Waals surface area contributed by atoms with Gasteiger partial charge in [-0.25, -0.2) is 0 Å². The van der Waals surface area contributed by atoms with Gasteiger partial charge in [0.05, 0.1) is 0 Å². The van der Waals surface area contributed by atoms with Gasteiger partial charge in [0.15, 0.2) is 0 Å². The van der Waals surface area contributed by atoms with Crippen LogP contribution in [-0.4, -0.2) is 11.1 Å². The highest BCUT2D eigenvalue weighted by molar-refractivity contribution is 5.73. The number of ether oxygens (including phenoxy) is 1. The van der Waals surface area contributed by atoms with E-state index in [0.29, 0.717) is 29.8 Å². The Morgan fingerprint density at radius 1 is 1.33 bits per heavy atom. The third-order valence-corrected chi connectivity index (χ3v) is 4.15. The molecular formula is C15H18O3. The molecule has 3 nitrogen and oxygen atoms in total. The molecule has 2 aliphatic carbocycles. The fraction of sp³-hybridized carbons (Fsp3) is 0.533. The lowest BCUT2D eigenvalue weighted by molar-refractivity contribution is -0.134. The first kappa shape index (κ1) is 11.6. The maximum Gasteiger partial charge on any atom is 0.311 e. The quantitative estimate of drug-likeness (QED) is 0.656. The Morgan fingerprint density at radius 2 is 2.06 bits per heavy atom. The molecule has 0 aliphatic heterocycles. The molecule has 0 amide bonds. The van der Waals surface area contributed by atoms with E-state index in [1.54, 1.807) is 12.1 Å². The van der Waals surface area contributed by atoms with E-state index < -0.39 is 0 Å². The zero-order valence-electron chi connectivity index (χ0n) is 10.6. The van der Waals surface area contributed by atoms with Crippen molar-refractivity contribution in [2.24, 2.45) is 0 Å². The lowest BCUT2D eigenvalue weighted by atomic mass is 9.90. The molecule has 1 aromatic carbocycles. The van der Waals surface area contributed by atoms with Gasteiger partial charge >= 0.3 is 5.97 Å². The van der Waals surface area contributed by atoms with Gasteiger partial charge in [-0.05, 0) is 49.7 Å². The van der Waals surface area contributed by atoms with Crippen molar-refractivity contribution in [3.8, 4) is 11.5 Å². The third kappa shape index (κ3) is 1.69. The van der Waals surface area contributed by atoms with Crippen LogP contribution in [0.2, 0.25) is 0 Å². The van der Waals surface area contributed by atoms with Crippen molar-refractivity contribution in [2.45, 2.75) is 50.9 Å². The number of hydrogen-bond donors (Lipinski definition) is 1. The summed E-state index contributed by atoms with van der Waals surface area (Å²) in [5.41, 5.74) is 2.13. The summed E-state index contributed by atoms with van der Waals surface area (Å²) in [6.07, 6.45) is 4.65. The van der Waals surface area contributed by atoms with Crippen LogP contribution in [0.5, 0.6) is 11.5 Å². The van der Waals surface area contributed by atoms with Gasteiger partial charge in [-0.3, -0.25) is 4.79 Å². The lowest BCUT2D eigenvalue weighted by Crippen LogP contribution is -2.10. The first-order chi connectivity index (χ1) is 8.70. The van der Waals surface area contributed by atoms with E-state index in [1.165, 1.54) is 0 Å². The molecule has 2 aliphatic rings. The van der Waals surface area contributed by atoms with Gasteiger partial charge in [-0.2, -0.15) is 0 Å². The van der Waals surface area contributed by atoms with Crippen LogP contribution in [0.1, 0.15) is 62.0 Å². The highest BCUT2D eigenvalue weighted by Gasteiger charge is 2.41. The van der Waals surface area contributed by atoms with Crippen LogP contribution in [0.15, 0.2) is 12.1 Å². The van der Waals surface area contributed by atoms with Crippen LogP contribution >= 0.6 is 0 Å². The van der Waals surface area contributed by atoms with Crippen LogP contribution in [0.25, 0.3) is 0 Å². The van der Waals surface area contributed by atoms with Crippen LogP contribution in [0.3, 0.4) is 0 Å². The first-order valence-electron chi connectivity index (χ1n) is 6.77. The smallest absolute Gasteiger partial charge is 0.311 e. The molecule has 0 aromatic heterocycles. The molecular weight excluding hydrogens is 228 g/mol. The minimum atomic E-state index is -0.173. The minimum absolute atomic E-state index is 0.173. The molecule has 18 heavy (non-hydrogen) atoms. The molecule has 0 radical (unpaired) electrons. The Bertz CT molecular complexity index is 493. The Morgan fingerprint density at radius 3 is 2.78 bits per heavy atom. The Hall–Kier alpha value is -1.51. The second-order valence-electron chi connectivity index (χ2n) is 5.34. The lowest BCUT2D eigenvalue weighted by Gasteiger charge is -2.19. The zero-order chi connectivity index (χ0) is 12.7. The van der Waals surface area contributed by atoms with Crippen molar-refractivity contribution in [1.82, 2.24) is 0 Å². The molecule has 0 saturated heterocycles. The summed E-state index contributed by atoms with van der Waals surface area (Å²) in [6.45, 7) is 1.96. The molecule has 3 rings (SSSR count). The van der Waals surface area contributed by atoms with Crippen LogP contribution in [0, 0.1) is 0 Å². The van der Waals surface area contributed by atoms with Crippen molar-refractivity contribution in [3.63, 3.8) is 0 Å². The molecule has 0 heterocycles. The predicted molar refractivity (Wildman–Crippen MR) is 68.0 cm³/mol. The predicted octanol–water partition coefficient (Wildman–Crippen LogP) is 3.46. The second-order valence-corrected chi connectivity index (χ2v) is 5.34.